The molecule has 1 fully saturated rings. The molecule has 1 saturated carbocycles. The van der Waals surface area contributed by atoms with Crippen LogP contribution in [0.4, 0.5) is 10.1 Å². The summed E-state index contributed by atoms with van der Waals surface area (Å²) < 4.78 is 19.6. The molecule has 0 aromatic heterocycles. The van der Waals surface area contributed by atoms with E-state index in [0.717, 1.165) is 63.9 Å². The van der Waals surface area contributed by atoms with Crippen molar-refractivity contribution in [1.82, 2.24) is 9.80 Å². The molecule has 0 saturated heterocycles. The molecule has 7 nitrogen and oxygen atoms in total. The Bertz CT molecular complexity index is 766. The molecule has 0 atom stereocenters. The molecule has 0 spiro atoms. The molecule has 0 radical (unpaired) electrons. The number of nitrogens with zero attached hydrogens (tertiary/aromatic N) is 3. The maximum absolute atomic E-state index is 13.5. The van der Waals surface area contributed by atoms with Crippen molar-refractivity contribution in [2.75, 3.05) is 33.8 Å². The molecular formula is C24H36FN3O4. The Morgan fingerprint density at radius 3 is 2.56 bits per heavy atom. The van der Waals surface area contributed by atoms with Crippen LogP contribution < -0.4 is 0 Å². The zero-order valence-electron chi connectivity index (χ0n) is 19.3. The average molecular weight is 450 g/mol. The summed E-state index contributed by atoms with van der Waals surface area (Å²) in [6.45, 7) is 6.54. The quantitative estimate of drug-likeness (QED) is 0.187. The Morgan fingerprint density at radius 2 is 1.91 bits per heavy atom. The molecule has 0 N–H and O–H groups in total. The molecule has 0 aliphatic heterocycles. The highest BCUT2D eigenvalue weighted by Gasteiger charge is 2.28. The average Bonchev–Trinajstić information content (AvgIpc) is 2.78. The summed E-state index contributed by atoms with van der Waals surface area (Å²) in [5.41, 5.74) is -0.542. The van der Waals surface area contributed by atoms with Crippen LogP contribution in [0.1, 0.15) is 61.7 Å². The molecule has 178 valence electrons. The van der Waals surface area contributed by atoms with Gasteiger partial charge in [-0.2, -0.15) is 4.39 Å². The van der Waals surface area contributed by atoms with Crippen LogP contribution >= 0.6 is 0 Å². The lowest BCUT2D eigenvalue weighted by Crippen LogP contribution is -2.40. The predicted octanol–water partition coefficient (Wildman–Crippen LogP) is 4.81. The highest BCUT2D eigenvalue weighted by atomic mass is 19.1. The van der Waals surface area contributed by atoms with E-state index in [1.165, 1.54) is 25.3 Å². The maximum atomic E-state index is 13.5. The van der Waals surface area contributed by atoms with Gasteiger partial charge >= 0.3 is 5.69 Å². The third-order valence-electron chi connectivity index (χ3n) is 6.13. The van der Waals surface area contributed by atoms with Crippen LogP contribution in [0, 0.1) is 15.9 Å². The highest BCUT2D eigenvalue weighted by Crippen LogP contribution is 2.27. The standard InChI is InChI=1S/C24H36FN3O4/c1-4-15-26(2)16-7-5-6-8-17-32-21-12-10-20(11-13-21)27(3)24(29)19-9-14-22(25)23(18-19)28(30)31/h4,9,14,18,20-21H,1,5-8,10-13,15-17H2,2-3H3. The van der Waals surface area contributed by atoms with Crippen molar-refractivity contribution >= 4 is 11.6 Å². The topological polar surface area (TPSA) is 75.9 Å². The Kier molecular flexibility index (Phi) is 10.8. The molecule has 1 aliphatic carbocycles. The van der Waals surface area contributed by atoms with Crippen LogP contribution in [0.2, 0.25) is 0 Å². The van der Waals surface area contributed by atoms with Crippen LogP contribution in [0.5, 0.6) is 0 Å². The van der Waals surface area contributed by atoms with E-state index in [4.69, 9.17) is 4.74 Å². The number of nitro groups is 1. The Labute approximate surface area is 190 Å². The fourth-order valence-corrected chi connectivity index (χ4v) is 4.15. The number of amides is 1. The van der Waals surface area contributed by atoms with Gasteiger partial charge in [-0.3, -0.25) is 14.9 Å². The molecule has 0 bridgehead atoms. The van der Waals surface area contributed by atoms with Crippen LogP contribution in [-0.4, -0.2) is 66.6 Å². The molecule has 32 heavy (non-hydrogen) atoms. The number of ether oxygens (including phenoxy) is 1. The number of carbonyl (C=O) groups excluding carboxylic acids is 1. The Morgan fingerprint density at radius 1 is 1.22 bits per heavy atom. The van der Waals surface area contributed by atoms with Gasteiger partial charge in [0.1, 0.15) is 0 Å². The van der Waals surface area contributed by atoms with E-state index in [-0.39, 0.29) is 23.6 Å². The fourth-order valence-electron chi connectivity index (χ4n) is 4.15. The van der Waals surface area contributed by atoms with Gasteiger partial charge in [-0.05, 0) is 64.3 Å². The second-order valence-electron chi connectivity index (χ2n) is 8.61. The lowest BCUT2D eigenvalue weighted by Gasteiger charge is -2.34. The van der Waals surface area contributed by atoms with Gasteiger partial charge in [-0.1, -0.05) is 18.9 Å². The van der Waals surface area contributed by atoms with Gasteiger partial charge in [0.05, 0.1) is 11.0 Å². The first kappa shape index (κ1) is 25.9. The lowest BCUT2D eigenvalue weighted by atomic mass is 9.91. The van der Waals surface area contributed by atoms with Crippen molar-refractivity contribution in [2.45, 2.75) is 63.5 Å². The minimum absolute atomic E-state index is 0.0546. The zero-order valence-corrected chi connectivity index (χ0v) is 19.3. The van der Waals surface area contributed by atoms with Crippen molar-refractivity contribution < 1.29 is 18.8 Å². The summed E-state index contributed by atoms with van der Waals surface area (Å²) in [7, 11) is 3.81. The summed E-state index contributed by atoms with van der Waals surface area (Å²) in [5.74, 6) is -1.26. The second-order valence-corrected chi connectivity index (χ2v) is 8.61. The van der Waals surface area contributed by atoms with Gasteiger partial charge in [0, 0.05) is 37.9 Å². The van der Waals surface area contributed by atoms with Crippen molar-refractivity contribution in [3.8, 4) is 0 Å². The first-order valence-corrected chi connectivity index (χ1v) is 11.5. The van der Waals surface area contributed by atoms with E-state index in [2.05, 4.69) is 18.5 Å². The number of hydrogen-bond acceptors (Lipinski definition) is 5. The zero-order chi connectivity index (χ0) is 23.5. The van der Waals surface area contributed by atoms with E-state index in [1.54, 1.807) is 11.9 Å². The van der Waals surface area contributed by atoms with Gasteiger partial charge in [0.2, 0.25) is 5.82 Å². The molecule has 0 heterocycles. The SMILES string of the molecule is C=CCN(C)CCCCCCOC1CCC(N(C)C(=O)c2ccc(F)c([N+](=O)[O-])c2)CC1. The minimum atomic E-state index is -0.938. The molecule has 1 aromatic rings. The Balaban J connectivity index is 1.67. The normalized spacial score (nSPS) is 18.5. The summed E-state index contributed by atoms with van der Waals surface area (Å²) in [4.78, 5) is 26.7. The van der Waals surface area contributed by atoms with Gasteiger partial charge in [-0.25, -0.2) is 0 Å². The van der Waals surface area contributed by atoms with Gasteiger partial charge < -0.3 is 14.5 Å². The summed E-state index contributed by atoms with van der Waals surface area (Å²) >= 11 is 0. The summed E-state index contributed by atoms with van der Waals surface area (Å²) in [6.07, 6.45) is 10.2. The molecule has 0 unspecified atom stereocenters. The number of likely N-dealkylation sites (N-methyl/N-ethyl adjacent to an activating group) is 1. The van der Waals surface area contributed by atoms with Crippen LogP contribution in [0.3, 0.4) is 0 Å². The van der Waals surface area contributed by atoms with Gasteiger partial charge in [0.15, 0.2) is 0 Å². The highest BCUT2D eigenvalue weighted by molar-refractivity contribution is 5.94. The first-order valence-electron chi connectivity index (χ1n) is 11.5. The number of benzene rings is 1. The van der Waals surface area contributed by atoms with Crippen LogP contribution in [0.25, 0.3) is 0 Å². The predicted molar refractivity (Wildman–Crippen MR) is 123 cm³/mol. The van der Waals surface area contributed by atoms with E-state index in [0.29, 0.717) is 0 Å². The van der Waals surface area contributed by atoms with E-state index < -0.39 is 16.4 Å². The number of unbranched alkanes of at least 4 members (excludes halogenated alkanes) is 3. The first-order chi connectivity index (χ1) is 15.3. The third-order valence-corrected chi connectivity index (χ3v) is 6.13. The van der Waals surface area contributed by atoms with Crippen LogP contribution in [0.15, 0.2) is 30.9 Å². The largest absolute Gasteiger partial charge is 0.378 e. The number of rotatable bonds is 13. The van der Waals surface area contributed by atoms with Crippen molar-refractivity contribution in [2.24, 2.45) is 0 Å². The maximum Gasteiger partial charge on any atom is 0.305 e. The second kappa shape index (κ2) is 13.3. The van der Waals surface area contributed by atoms with Crippen LogP contribution in [-0.2, 0) is 4.74 Å². The molecule has 2 rings (SSSR count). The van der Waals surface area contributed by atoms with E-state index in [1.807, 2.05) is 6.08 Å². The molecular weight excluding hydrogens is 413 g/mol. The minimum Gasteiger partial charge on any atom is -0.378 e. The number of halogens is 1. The van der Waals surface area contributed by atoms with E-state index in [9.17, 15) is 19.3 Å². The van der Waals surface area contributed by atoms with Crippen molar-refractivity contribution in [1.29, 1.82) is 0 Å². The van der Waals surface area contributed by atoms with E-state index >= 15 is 0 Å². The molecule has 1 aromatic carbocycles. The molecule has 1 aliphatic rings. The summed E-state index contributed by atoms with van der Waals surface area (Å²) in [5, 5.41) is 10.9. The van der Waals surface area contributed by atoms with Crippen molar-refractivity contribution in [3.05, 3.63) is 52.3 Å². The smallest absolute Gasteiger partial charge is 0.305 e. The molecule has 8 heteroatoms. The Hall–Kier alpha value is -2.32. The number of nitro benzene ring substituents is 1. The lowest BCUT2D eigenvalue weighted by molar-refractivity contribution is -0.387. The summed E-state index contributed by atoms with van der Waals surface area (Å²) in [6, 6.07) is 3.34. The number of hydrogen-bond donors (Lipinski definition) is 0. The number of carbonyl (C=O) groups is 1. The third kappa shape index (κ3) is 7.98. The van der Waals surface area contributed by atoms with Gasteiger partial charge in [-0.15, -0.1) is 6.58 Å². The monoisotopic (exact) mass is 449 g/mol. The fraction of sp³-hybridized carbons (Fsp3) is 0.625. The van der Waals surface area contributed by atoms with Gasteiger partial charge in [0.25, 0.3) is 5.91 Å². The van der Waals surface area contributed by atoms with Crippen molar-refractivity contribution in [3.63, 3.8) is 0 Å². The molecule has 1 amide bonds.